The largest absolute Gasteiger partial charge is 0.0726 e. The van der Waals surface area contributed by atoms with E-state index in [1.165, 1.54) is 71.1 Å². The van der Waals surface area contributed by atoms with Gasteiger partial charge in [0.25, 0.3) is 0 Å². The molecule has 1 fully saturated rings. The van der Waals surface area contributed by atoms with Crippen LogP contribution in [-0.2, 0) is 6.42 Å². The molecular formula is C30H32. The molecule has 1 atom stereocenters. The fraction of sp³-hybridized carbons (Fsp3) is 0.333. The van der Waals surface area contributed by atoms with Crippen LogP contribution in [0.5, 0.6) is 0 Å². The van der Waals surface area contributed by atoms with Crippen molar-refractivity contribution in [3.8, 4) is 0 Å². The van der Waals surface area contributed by atoms with Crippen LogP contribution in [0.25, 0.3) is 5.57 Å². The van der Waals surface area contributed by atoms with Crippen LogP contribution in [0.3, 0.4) is 0 Å². The summed E-state index contributed by atoms with van der Waals surface area (Å²) >= 11 is 0. The maximum absolute atomic E-state index is 2.39. The van der Waals surface area contributed by atoms with Gasteiger partial charge in [-0.2, -0.15) is 0 Å². The first-order chi connectivity index (χ1) is 14.7. The van der Waals surface area contributed by atoms with E-state index in [2.05, 4.69) is 86.7 Å². The summed E-state index contributed by atoms with van der Waals surface area (Å²) in [5, 5.41) is 0. The smallest absolute Gasteiger partial charge is 0.0281 e. The van der Waals surface area contributed by atoms with Crippen molar-refractivity contribution >= 4 is 5.57 Å². The van der Waals surface area contributed by atoms with Crippen LogP contribution in [0.1, 0.15) is 65.8 Å². The highest BCUT2D eigenvalue weighted by Crippen LogP contribution is 2.42. The predicted molar refractivity (Wildman–Crippen MR) is 129 cm³/mol. The summed E-state index contributed by atoms with van der Waals surface area (Å²) in [7, 11) is 0. The first-order valence-electron chi connectivity index (χ1n) is 11.6. The summed E-state index contributed by atoms with van der Waals surface area (Å²) in [5.41, 5.74) is 11.4. The van der Waals surface area contributed by atoms with Crippen LogP contribution in [-0.4, -0.2) is 0 Å². The third-order valence-electron chi connectivity index (χ3n) is 7.09. The monoisotopic (exact) mass is 392 g/mol. The fourth-order valence-corrected chi connectivity index (χ4v) is 5.59. The van der Waals surface area contributed by atoms with E-state index in [1.54, 1.807) is 5.56 Å². The molecule has 1 saturated carbocycles. The second kappa shape index (κ2) is 8.26. The van der Waals surface area contributed by atoms with Gasteiger partial charge in [0.05, 0.1) is 0 Å². The van der Waals surface area contributed by atoms with Gasteiger partial charge in [-0.15, -0.1) is 0 Å². The fourth-order valence-electron chi connectivity index (χ4n) is 5.59. The summed E-state index contributed by atoms with van der Waals surface area (Å²) in [6.45, 7) is 4.39. The van der Waals surface area contributed by atoms with Crippen molar-refractivity contribution in [3.05, 3.63) is 112 Å². The first-order valence-corrected chi connectivity index (χ1v) is 11.6. The lowest BCUT2D eigenvalue weighted by Gasteiger charge is -2.25. The molecule has 0 N–H and O–H groups in total. The van der Waals surface area contributed by atoms with Crippen LogP contribution >= 0.6 is 0 Å². The Labute approximate surface area is 181 Å². The van der Waals surface area contributed by atoms with E-state index in [4.69, 9.17) is 0 Å². The topological polar surface area (TPSA) is 0 Å². The van der Waals surface area contributed by atoms with Gasteiger partial charge >= 0.3 is 0 Å². The molecule has 3 aliphatic carbocycles. The van der Waals surface area contributed by atoms with E-state index in [0.717, 1.165) is 12.3 Å². The van der Waals surface area contributed by atoms with Crippen LogP contribution in [0.4, 0.5) is 0 Å². The van der Waals surface area contributed by atoms with E-state index in [0.29, 0.717) is 5.92 Å². The van der Waals surface area contributed by atoms with E-state index >= 15 is 0 Å². The molecule has 0 bridgehead atoms. The van der Waals surface area contributed by atoms with Crippen LogP contribution in [0, 0.1) is 19.8 Å². The molecular weight excluding hydrogens is 360 g/mol. The van der Waals surface area contributed by atoms with Crippen molar-refractivity contribution < 1.29 is 0 Å². The highest BCUT2D eigenvalue weighted by atomic mass is 14.3. The summed E-state index contributed by atoms with van der Waals surface area (Å²) in [4.78, 5) is 0. The Morgan fingerprint density at radius 2 is 1.50 bits per heavy atom. The summed E-state index contributed by atoms with van der Waals surface area (Å²) in [6.07, 6.45) is 19.6. The molecule has 152 valence electrons. The number of allylic oxidation sites excluding steroid dienone is 8. The minimum Gasteiger partial charge on any atom is -0.0726 e. The molecule has 5 rings (SSSR count). The predicted octanol–water partition coefficient (Wildman–Crippen LogP) is 8.03. The molecule has 3 aliphatic rings. The molecule has 30 heavy (non-hydrogen) atoms. The van der Waals surface area contributed by atoms with Gasteiger partial charge in [0.2, 0.25) is 0 Å². The number of hydrogen-bond acceptors (Lipinski definition) is 0. The van der Waals surface area contributed by atoms with Gasteiger partial charge in [0.1, 0.15) is 0 Å². The van der Waals surface area contributed by atoms with E-state index in [9.17, 15) is 0 Å². The quantitative estimate of drug-likeness (QED) is 0.494. The van der Waals surface area contributed by atoms with Crippen molar-refractivity contribution in [1.29, 1.82) is 0 Å². The van der Waals surface area contributed by atoms with Crippen molar-refractivity contribution in [2.75, 3.05) is 0 Å². The SMILES string of the molecule is Cc1cc(C)cc(C2=CC=C(Cc3ccc(C4CCCCC4)cc3)C3=CC=CC32)c1. The van der Waals surface area contributed by atoms with Gasteiger partial charge < -0.3 is 0 Å². The van der Waals surface area contributed by atoms with Gasteiger partial charge in [-0.1, -0.05) is 103 Å². The average molecular weight is 393 g/mol. The standard InChI is InChI=1S/C30H32/c1-21-17-22(2)19-27(18-21)29-16-15-26(28-9-6-10-30(28)29)20-23-11-13-25(14-12-23)24-7-4-3-5-8-24/h6,9-19,24,30H,3-5,7-8,20H2,1-2H3. The van der Waals surface area contributed by atoms with Gasteiger partial charge in [-0.25, -0.2) is 0 Å². The maximum atomic E-state index is 2.39. The Morgan fingerprint density at radius 3 is 2.23 bits per heavy atom. The Hall–Kier alpha value is -2.60. The Kier molecular flexibility index (Phi) is 5.34. The number of aryl methyl sites for hydroxylation is 2. The average Bonchev–Trinajstić information content (AvgIpc) is 3.25. The zero-order chi connectivity index (χ0) is 20.5. The van der Waals surface area contributed by atoms with Gasteiger partial charge in [0.15, 0.2) is 0 Å². The second-order valence-electron chi connectivity index (χ2n) is 9.43. The van der Waals surface area contributed by atoms with Crippen LogP contribution < -0.4 is 0 Å². The minimum atomic E-state index is 0.396. The van der Waals surface area contributed by atoms with Gasteiger partial charge in [-0.3, -0.25) is 0 Å². The molecule has 0 saturated heterocycles. The molecule has 0 amide bonds. The summed E-state index contributed by atoms with van der Waals surface area (Å²) in [6, 6.07) is 16.4. The minimum absolute atomic E-state index is 0.396. The number of hydrogen-bond donors (Lipinski definition) is 0. The van der Waals surface area contributed by atoms with Gasteiger partial charge in [0, 0.05) is 5.92 Å². The molecule has 0 radical (unpaired) electrons. The summed E-state index contributed by atoms with van der Waals surface area (Å²) in [5.74, 6) is 1.18. The van der Waals surface area contributed by atoms with E-state index in [1.807, 2.05) is 0 Å². The second-order valence-corrected chi connectivity index (χ2v) is 9.43. The Morgan fingerprint density at radius 1 is 0.767 bits per heavy atom. The Bertz CT molecular complexity index is 1030. The third-order valence-corrected chi connectivity index (χ3v) is 7.09. The van der Waals surface area contributed by atoms with E-state index < -0.39 is 0 Å². The molecule has 1 unspecified atom stereocenters. The molecule has 0 aromatic heterocycles. The lowest BCUT2D eigenvalue weighted by atomic mass is 9.79. The number of rotatable bonds is 4. The lowest BCUT2D eigenvalue weighted by molar-refractivity contribution is 0.443. The molecule has 2 aromatic carbocycles. The number of benzene rings is 2. The zero-order valence-electron chi connectivity index (χ0n) is 18.3. The van der Waals surface area contributed by atoms with Crippen molar-refractivity contribution in [2.24, 2.45) is 5.92 Å². The van der Waals surface area contributed by atoms with Crippen molar-refractivity contribution in [1.82, 2.24) is 0 Å². The van der Waals surface area contributed by atoms with Gasteiger partial charge in [-0.05, 0) is 72.4 Å². The van der Waals surface area contributed by atoms with Crippen LogP contribution in [0.2, 0.25) is 0 Å². The summed E-state index contributed by atoms with van der Waals surface area (Å²) < 4.78 is 0. The first kappa shape index (κ1) is 19.4. The third kappa shape index (κ3) is 3.88. The van der Waals surface area contributed by atoms with E-state index in [-0.39, 0.29) is 0 Å². The van der Waals surface area contributed by atoms with Crippen molar-refractivity contribution in [3.63, 3.8) is 0 Å². The van der Waals surface area contributed by atoms with Crippen molar-refractivity contribution in [2.45, 2.75) is 58.3 Å². The highest BCUT2D eigenvalue weighted by Gasteiger charge is 2.26. The molecule has 0 spiro atoms. The Balaban J connectivity index is 1.38. The molecule has 0 aliphatic heterocycles. The number of fused-ring (bicyclic) bond motifs is 1. The normalized spacial score (nSPS) is 21.1. The van der Waals surface area contributed by atoms with Crippen LogP contribution in [0.15, 0.2) is 84.0 Å². The molecule has 0 heteroatoms. The zero-order valence-corrected chi connectivity index (χ0v) is 18.3. The molecule has 0 nitrogen and oxygen atoms in total. The lowest BCUT2D eigenvalue weighted by Crippen LogP contribution is -2.10. The molecule has 2 aromatic rings. The molecule has 0 heterocycles. The maximum Gasteiger partial charge on any atom is 0.0281 e. The highest BCUT2D eigenvalue weighted by molar-refractivity contribution is 5.79.